The summed E-state index contributed by atoms with van der Waals surface area (Å²) in [6, 6.07) is 9.93. The summed E-state index contributed by atoms with van der Waals surface area (Å²) < 4.78 is 0. The van der Waals surface area contributed by atoms with Crippen molar-refractivity contribution in [1.82, 2.24) is 0 Å². The number of hydrogen-bond acceptors (Lipinski definition) is 2. The summed E-state index contributed by atoms with van der Waals surface area (Å²) in [6.07, 6.45) is 7.63. The van der Waals surface area contributed by atoms with E-state index < -0.39 is 0 Å². The molecular formula is C14H16N2. The molecule has 0 fully saturated rings. The minimum absolute atomic E-state index is 0.726. The molecule has 0 aliphatic rings. The van der Waals surface area contributed by atoms with Gasteiger partial charge in [0.2, 0.25) is 0 Å². The van der Waals surface area contributed by atoms with Crippen LogP contribution in [0.4, 0.5) is 5.69 Å². The molecule has 0 amide bonds. The second kappa shape index (κ2) is 6.44. The first kappa shape index (κ1) is 12.0. The van der Waals surface area contributed by atoms with Crippen molar-refractivity contribution >= 4 is 11.6 Å². The normalized spacial score (nSPS) is 10.6. The number of allylic oxidation sites excluding steroid dienone is 4. The van der Waals surface area contributed by atoms with Gasteiger partial charge in [-0.15, -0.1) is 0 Å². The highest BCUT2D eigenvalue weighted by molar-refractivity contribution is 5.68. The fraction of sp³-hybridized carbons (Fsp3) is 0.143. The molecule has 0 radical (unpaired) electrons. The molecule has 82 valence electrons. The number of nitrogens with zero attached hydrogens (tertiary/aromatic N) is 1. The van der Waals surface area contributed by atoms with Crippen LogP contribution in [0.1, 0.15) is 6.92 Å². The van der Waals surface area contributed by atoms with E-state index >= 15 is 0 Å². The summed E-state index contributed by atoms with van der Waals surface area (Å²) in [5.41, 5.74) is 1.77. The fourth-order valence-electron chi connectivity index (χ4n) is 1.29. The van der Waals surface area contributed by atoms with Crippen LogP contribution < -0.4 is 4.90 Å². The molecule has 2 nitrogen and oxygen atoms in total. The van der Waals surface area contributed by atoms with Crippen molar-refractivity contribution in [1.29, 1.82) is 5.41 Å². The maximum atomic E-state index is 7.27. The molecule has 0 saturated heterocycles. The van der Waals surface area contributed by atoms with Gasteiger partial charge in [-0.2, -0.15) is 0 Å². The summed E-state index contributed by atoms with van der Waals surface area (Å²) in [4.78, 5) is 1.92. The van der Waals surface area contributed by atoms with Crippen LogP contribution in [0.2, 0.25) is 0 Å². The topological polar surface area (TPSA) is 27.1 Å². The molecule has 0 saturated carbocycles. The SMILES string of the molecule is C/C=C/C=CC(=C=N)N(C)c1ccccc1. The molecule has 1 rings (SSSR count). The van der Waals surface area contributed by atoms with E-state index in [1.807, 2.05) is 73.5 Å². The molecule has 0 bridgehead atoms. The first-order valence-electron chi connectivity index (χ1n) is 5.17. The fourth-order valence-corrected chi connectivity index (χ4v) is 1.29. The zero-order chi connectivity index (χ0) is 11.8. The third-order valence-corrected chi connectivity index (χ3v) is 2.19. The number of benzene rings is 1. The van der Waals surface area contributed by atoms with Gasteiger partial charge in [-0.05, 0) is 25.1 Å². The van der Waals surface area contributed by atoms with E-state index in [1.54, 1.807) is 0 Å². The molecule has 1 aromatic carbocycles. The predicted molar refractivity (Wildman–Crippen MR) is 70.0 cm³/mol. The summed E-state index contributed by atoms with van der Waals surface area (Å²) >= 11 is 0. The average molecular weight is 212 g/mol. The molecule has 1 aromatic rings. The van der Waals surface area contributed by atoms with Gasteiger partial charge in [-0.1, -0.05) is 36.4 Å². The van der Waals surface area contributed by atoms with Gasteiger partial charge in [0.05, 0.1) is 0 Å². The van der Waals surface area contributed by atoms with Crippen molar-refractivity contribution in [3.05, 3.63) is 60.3 Å². The number of para-hydroxylation sites is 1. The summed E-state index contributed by atoms with van der Waals surface area (Å²) in [5, 5.41) is 7.27. The first-order chi connectivity index (χ1) is 7.79. The van der Waals surface area contributed by atoms with Crippen molar-refractivity contribution in [3.8, 4) is 0 Å². The van der Waals surface area contributed by atoms with E-state index in [-0.39, 0.29) is 0 Å². The molecule has 0 aliphatic carbocycles. The second-order valence-electron chi connectivity index (χ2n) is 3.29. The molecule has 0 aliphatic heterocycles. The lowest BCUT2D eigenvalue weighted by molar-refractivity contribution is 1.15. The van der Waals surface area contributed by atoms with Gasteiger partial charge < -0.3 is 4.90 Å². The van der Waals surface area contributed by atoms with E-state index in [2.05, 4.69) is 5.87 Å². The standard InChI is InChI=1S/C14H16N2/c1-3-4-6-11-14(12-15)16(2)13-9-7-5-8-10-13/h3-11,15H,1-2H3/b4-3+,11-6?. The second-order valence-corrected chi connectivity index (χ2v) is 3.29. The molecule has 2 heteroatoms. The van der Waals surface area contributed by atoms with Crippen molar-refractivity contribution < 1.29 is 0 Å². The number of nitrogens with one attached hydrogen (secondary N) is 1. The molecule has 1 N–H and O–H groups in total. The number of rotatable bonds is 4. The molecule has 0 atom stereocenters. The van der Waals surface area contributed by atoms with Crippen LogP contribution in [0.25, 0.3) is 0 Å². The third kappa shape index (κ3) is 3.26. The van der Waals surface area contributed by atoms with Crippen molar-refractivity contribution in [2.24, 2.45) is 0 Å². The van der Waals surface area contributed by atoms with Gasteiger partial charge in [0.15, 0.2) is 0 Å². The highest BCUT2D eigenvalue weighted by Crippen LogP contribution is 2.15. The molecule has 0 spiro atoms. The maximum absolute atomic E-state index is 7.27. The Morgan fingerprint density at radius 3 is 2.50 bits per heavy atom. The molecule has 0 heterocycles. The van der Waals surface area contributed by atoms with Crippen LogP contribution in [0, 0.1) is 5.41 Å². The van der Waals surface area contributed by atoms with E-state index in [4.69, 9.17) is 5.41 Å². The molecule has 0 aromatic heterocycles. The summed E-state index contributed by atoms with van der Waals surface area (Å²) in [6.45, 7) is 1.96. The smallest absolute Gasteiger partial charge is 0.103 e. The number of anilines is 1. The Hall–Kier alpha value is -2.05. The monoisotopic (exact) mass is 212 g/mol. The maximum Gasteiger partial charge on any atom is 0.103 e. The van der Waals surface area contributed by atoms with Crippen LogP contribution in [0.3, 0.4) is 0 Å². The van der Waals surface area contributed by atoms with E-state index in [0.29, 0.717) is 0 Å². The Kier molecular flexibility index (Phi) is 4.84. The van der Waals surface area contributed by atoms with Gasteiger partial charge in [-0.3, -0.25) is 5.41 Å². The minimum atomic E-state index is 0.726. The van der Waals surface area contributed by atoms with Crippen LogP contribution in [0.15, 0.2) is 60.3 Å². The number of hydrogen-bond donors (Lipinski definition) is 1. The van der Waals surface area contributed by atoms with Crippen LogP contribution in [0.5, 0.6) is 0 Å². The Morgan fingerprint density at radius 2 is 1.94 bits per heavy atom. The third-order valence-electron chi connectivity index (χ3n) is 2.19. The summed E-state index contributed by atoms with van der Waals surface area (Å²) in [7, 11) is 1.92. The van der Waals surface area contributed by atoms with Gasteiger partial charge in [0, 0.05) is 18.6 Å². The van der Waals surface area contributed by atoms with E-state index in [0.717, 1.165) is 11.4 Å². The van der Waals surface area contributed by atoms with Crippen LogP contribution in [-0.2, 0) is 0 Å². The van der Waals surface area contributed by atoms with Crippen molar-refractivity contribution in [2.75, 3.05) is 11.9 Å². The highest BCUT2D eigenvalue weighted by atomic mass is 15.1. The Balaban J connectivity index is 2.87. The van der Waals surface area contributed by atoms with Crippen molar-refractivity contribution in [2.45, 2.75) is 6.92 Å². The van der Waals surface area contributed by atoms with Gasteiger partial charge in [0.1, 0.15) is 5.70 Å². The lowest BCUT2D eigenvalue weighted by atomic mass is 10.2. The first-order valence-corrected chi connectivity index (χ1v) is 5.17. The van der Waals surface area contributed by atoms with E-state index in [1.165, 1.54) is 0 Å². The van der Waals surface area contributed by atoms with Gasteiger partial charge in [0.25, 0.3) is 0 Å². The average Bonchev–Trinajstić information content (AvgIpc) is 2.35. The molecular weight excluding hydrogens is 196 g/mol. The quantitative estimate of drug-likeness (QED) is 0.601. The number of likely N-dealkylation sites (N-methyl/N-ethyl adjacent to an activating group) is 1. The Bertz CT molecular complexity index is 423. The Labute approximate surface area is 96.7 Å². The van der Waals surface area contributed by atoms with E-state index in [9.17, 15) is 0 Å². The lowest BCUT2D eigenvalue weighted by Crippen LogP contribution is -2.15. The molecule has 0 unspecified atom stereocenters. The van der Waals surface area contributed by atoms with Gasteiger partial charge in [-0.25, -0.2) is 0 Å². The Morgan fingerprint density at radius 1 is 1.25 bits per heavy atom. The predicted octanol–water partition coefficient (Wildman–Crippen LogP) is 3.39. The lowest BCUT2D eigenvalue weighted by Gasteiger charge is -2.17. The summed E-state index contributed by atoms with van der Waals surface area (Å²) in [5.74, 6) is 2.43. The molecule has 16 heavy (non-hydrogen) atoms. The van der Waals surface area contributed by atoms with Crippen LogP contribution >= 0.6 is 0 Å². The van der Waals surface area contributed by atoms with Crippen LogP contribution in [-0.4, -0.2) is 12.9 Å². The van der Waals surface area contributed by atoms with Crippen molar-refractivity contribution in [3.63, 3.8) is 0 Å². The largest absolute Gasteiger partial charge is 0.337 e. The minimum Gasteiger partial charge on any atom is -0.337 e. The van der Waals surface area contributed by atoms with Gasteiger partial charge >= 0.3 is 0 Å². The zero-order valence-corrected chi connectivity index (χ0v) is 9.64. The highest BCUT2D eigenvalue weighted by Gasteiger charge is 2.02. The zero-order valence-electron chi connectivity index (χ0n) is 9.64.